The van der Waals surface area contributed by atoms with E-state index >= 15 is 0 Å². The summed E-state index contributed by atoms with van der Waals surface area (Å²) in [5.74, 6) is 1.38. The number of aryl methyl sites for hydroxylation is 2. The SMILES string of the molecule is Cc1oc2c(C)c3c(cc2c(=O)c1C)CC(CO)O3. The Bertz CT molecular complexity index is 727. The van der Waals surface area contributed by atoms with Gasteiger partial charge in [0.15, 0.2) is 5.43 Å². The van der Waals surface area contributed by atoms with E-state index < -0.39 is 0 Å². The van der Waals surface area contributed by atoms with Gasteiger partial charge in [0.25, 0.3) is 0 Å². The van der Waals surface area contributed by atoms with Gasteiger partial charge in [-0.3, -0.25) is 4.79 Å². The van der Waals surface area contributed by atoms with Crippen LogP contribution in [0.2, 0.25) is 0 Å². The molecule has 0 bridgehead atoms. The van der Waals surface area contributed by atoms with E-state index in [4.69, 9.17) is 9.15 Å². The van der Waals surface area contributed by atoms with Crippen LogP contribution in [-0.2, 0) is 6.42 Å². The lowest BCUT2D eigenvalue weighted by molar-refractivity contribution is 0.134. The molecular weight excluding hydrogens is 244 g/mol. The summed E-state index contributed by atoms with van der Waals surface area (Å²) in [6.45, 7) is 5.43. The second kappa shape index (κ2) is 4.10. The molecule has 1 aliphatic heterocycles. The Kier molecular flexibility index (Phi) is 2.64. The smallest absolute Gasteiger partial charge is 0.195 e. The van der Waals surface area contributed by atoms with Gasteiger partial charge in [0, 0.05) is 17.5 Å². The number of benzene rings is 1. The zero-order chi connectivity index (χ0) is 13.7. The van der Waals surface area contributed by atoms with Crippen LogP contribution < -0.4 is 10.2 Å². The molecule has 0 amide bonds. The van der Waals surface area contributed by atoms with Gasteiger partial charge in [-0.2, -0.15) is 0 Å². The fourth-order valence-corrected chi connectivity index (χ4v) is 2.61. The molecule has 0 spiro atoms. The fraction of sp³-hybridized carbons (Fsp3) is 0.400. The van der Waals surface area contributed by atoms with Gasteiger partial charge in [-0.1, -0.05) is 0 Å². The second-order valence-corrected chi connectivity index (χ2v) is 5.11. The van der Waals surface area contributed by atoms with Crippen molar-refractivity contribution in [3.8, 4) is 5.75 Å². The van der Waals surface area contributed by atoms with Crippen molar-refractivity contribution in [1.82, 2.24) is 0 Å². The molecule has 1 aromatic heterocycles. The maximum Gasteiger partial charge on any atom is 0.195 e. The standard InChI is InChI=1S/C15H16O4/c1-7-9(3)18-15-8(2)14-10(4-11(6-16)19-14)5-12(15)13(7)17/h5,11,16H,4,6H2,1-3H3. The first-order valence-corrected chi connectivity index (χ1v) is 6.37. The number of ether oxygens (including phenoxy) is 1. The Morgan fingerprint density at radius 3 is 2.74 bits per heavy atom. The number of aliphatic hydroxyl groups is 1. The van der Waals surface area contributed by atoms with Crippen LogP contribution in [-0.4, -0.2) is 17.8 Å². The quantitative estimate of drug-likeness (QED) is 0.852. The first-order valence-electron chi connectivity index (χ1n) is 6.37. The summed E-state index contributed by atoms with van der Waals surface area (Å²) >= 11 is 0. The lowest BCUT2D eigenvalue weighted by atomic mass is 10.0. The molecule has 4 nitrogen and oxygen atoms in total. The lowest BCUT2D eigenvalue weighted by Gasteiger charge is -2.10. The van der Waals surface area contributed by atoms with Crippen LogP contribution in [0.25, 0.3) is 11.0 Å². The van der Waals surface area contributed by atoms with E-state index in [1.165, 1.54) is 0 Å². The predicted molar refractivity (Wildman–Crippen MR) is 71.9 cm³/mol. The van der Waals surface area contributed by atoms with Crippen LogP contribution in [0.3, 0.4) is 0 Å². The van der Waals surface area contributed by atoms with Crippen molar-refractivity contribution in [1.29, 1.82) is 0 Å². The number of hydrogen-bond acceptors (Lipinski definition) is 4. The number of fused-ring (bicyclic) bond motifs is 2. The zero-order valence-electron chi connectivity index (χ0n) is 11.2. The Balaban J connectivity index is 2.35. The zero-order valence-corrected chi connectivity index (χ0v) is 11.2. The highest BCUT2D eigenvalue weighted by molar-refractivity contribution is 5.84. The van der Waals surface area contributed by atoms with Gasteiger partial charge in [0.1, 0.15) is 23.2 Å². The molecule has 1 N–H and O–H groups in total. The molecule has 1 unspecified atom stereocenters. The highest BCUT2D eigenvalue weighted by Gasteiger charge is 2.27. The molecular formula is C15H16O4. The number of rotatable bonds is 1. The van der Waals surface area contributed by atoms with Crippen LogP contribution in [0.4, 0.5) is 0 Å². The van der Waals surface area contributed by atoms with Gasteiger partial charge in [-0.25, -0.2) is 0 Å². The van der Waals surface area contributed by atoms with Crippen molar-refractivity contribution in [3.05, 3.63) is 38.7 Å². The molecule has 2 aromatic rings. The molecule has 1 aliphatic rings. The Labute approximate surface area is 110 Å². The first-order chi connectivity index (χ1) is 9.02. The monoisotopic (exact) mass is 260 g/mol. The summed E-state index contributed by atoms with van der Waals surface area (Å²) in [6.07, 6.45) is 0.414. The van der Waals surface area contributed by atoms with Gasteiger partial charge in [-0.05, 0) is 32.4 Å². The highest BCUT2D eigenvalue weighted by Crippen LogP contribution is 2.37. The Hall–Kier alpha value is -1.81. The molecule has 1 atom stereocenters. The van der Waals surface area contributed by atoms with Crippen molar-refractivity contribution in [3.63, 3.8) is 0 Å². The Morgan fingerprint density at radius 2 is 2.05 bits per heavy atom. The van der Waals surface area contributed by atoms with E-state index in [0.29, 0.717) is 28.7 Å². The normalized spacial score (nSPS) is 17.6. The third-order valence-corrected chi connectivity index (χ3v) is 3.84. The fourth-order valence-electron chi connectivity index (χ4n) is 2.61. The minimum absolute atomic E-state index is 0.0112. The van der Waals surface area contributed by atoms with E-state index in [9.17, 15) is 9.90 Å². The van der Waals surface area contributed by atoms with E-state index in [0.717, 1.165) is 16.9 Å². The van der Waals surface area contributed by atoms with E-state index in [2.05, 4.69) is 0 Å². The second-order valence-electron chi connectivity index (χ2n) is 5.11. The minimum atomic E-state index is -0.220. The van der Waals surface area contributed by atoms with Crippen LogP contribution >= 0.6 is 0 Å². The van der Waals surface area contributed by atoms with Crippen LogP contribution in [0, 0.1) is 20.8 Å². The number of hydrogen-bond donors (Lipinski definition) is 1. The molecule has 0 radical (unpaired) electrons. The lowest BCUT2D eigenvalue weighted by Crippen LogP contribution is -2.17. The third-order valence-electron chi connectivity index (χ3n) is 3.84. The average molecular weight is 260 g/mol. The summed E-state index contributed by atoms with van der Waals surface area (Å²) in [5, 5.41) is 9.80. The molecule has 0 saturated heterocycles. The predicted octanol–water partition coefficient (Wildman–Crippen LogP) is 2.01. The molecule has 3 rings (SSSR count). The molecule has 19 heavy (non-hydrogen) atoms. The molecule has 100 valence electrons. The van der Waals surface area contributed by atoms with Crippen molar-refractivity contribution >= 4 is 11.0 Å². The van der Waals surface area contributed by atoms with Gasteiger partial charge in [0.05, 0.1) is 12.0 Å². The molecule has 1 aromatic carbocycles. The summed E-state index contributed by atoms with van der Waals surface area (Å²) in [7, 11) is 0. The van der Waals surface area contributed by atoms with Crippen LogP contribution in [0.1, 0.15) is 22.5 Å². The van der Waals surface area contributed by atoms with Crippen molar-refractivity contribution < 1.29 is 14.3 Å². The van der Waals surface area contributed by atoms with Crippen molar-refractivity contribution in [2.75, 3.05) is 6.61 Å². The van der Waals surface area contributed by atoms with E-state index in [1.807, 2.05) is 13.0 Å². The van der Waals surface area contributed by atoms with Gasteiger partial charge < -0.3 is 14.3 Å². The van der Waals surface area contributed by atoms with Crippen molar-refractivity contribution in [2.24, 2.45) is 0 Å². The first kappa shape index (κ1) is 12.2. The highest BCUT2D eigenvalue weighted by atomic mass is 16.5. The summed E-state index contributed by atoms with van der Waals surface area (Å²) in [4.78, 5) is 12.3. The third kappa shape index (κ3) is 1.67. The summed E-state index contributed by atoms with van der Waals surface area (Å²) in [6, 6.07) is 1.84. The average Bonchev–Trinajstić information content (AvgIpc) is 2.81. The van der Waals surface area contributed by atoms with Gasteiger partial charge in [0.2, 0.25) is 0 Å². The van der Waals surface area contributed by atoms with E-state index in [-0.39, 0.29) is 18.1 Å². The summed E-state index contributed by atoms with van der Waals surface area (Å²) in [5.41, 5.74) is 3.05. The molecule has 2 heterocycles. The Morgan fingerprint density at radius 1 is 1.32 bits per heavy atom. The van der Waals surface area contributed by atoms with Gasteiger partial charge in [-0.15, -0.1) is 0 Å². The molecule has 0 aliphatic carbocycles. The minimum Gasteiger partial charge on any atom is -0.487 e. The molecule has 0 saturated carbocycles. The topological polar surface area (TPSA) is 59.7 Å². The largest absolute Gasteiger partial charge is 0.487 e. The summed E-state index contributed by atoms with van der Waals surface area (Å²) < 4.78 is 11.4. The number of aliphatic hydroxyl groups excluding tert-OH is 1. The van der Waals surface area contributed by atoms with Crippen LogP contribution in [0.5, 0.6) is 5.75 Å². The maximum atomic E-state index is 12.3. The molecule has 4 heteroatoms. The maximum absolute atomic E-state index is 12.3. The van der Waals surface area contributed by atoms with Crippen LogP contribution in [0.15, 0.2) is 15.3 Å². The molecule has 0 fully saturated rings. The van der Waals surface area contributed by atoms with Crippen molar-refractivity contribution in [2.45, 2.75) is 33.3 Å². The van der Waals surface area contributed by atoms with Gasteiger partial charge >= 0.3 is 0 Å². The van der Waals surface area contributed by atoms with E-state index in [1.54, 1.807) is 13.8 Å².